The van der Waals surface area contributed by atoms with E-state index in [2.05, 4.69) is 10.2 Å². The van der Waals surface area contributed by atoms with E-state index in [0.29, 0.717) is 24.3 Å². The molecule has 5 nitrogen and oxygen atoms in total. The standard InChI is InChI=1S/C10H13N3O2S/c1-2-15-10(14)13-4-3-8-7(6-13)5-9(16)12-11-8/h5H,2-4,6H2,1H3,(H,12,16). The van der Waals surface area contributed by atoms with Crippen molar-refractivity contribution in [2.75, 3.05) is 13.2 Å². The Hall–Kier alpha value is -1.43. The molecule has 0 fully saturated rings. The largest absolute Gasteiger partial charge is 0.450 e. The lowest BCUT2D eigenvalue weighted by atomic mass is 10.1. The van der Waals surface area contributed by atoms with Crippen molar-refractivity contribution in [3.8, 4) is 0 Å². The van der Waals surface area contributed by atoms with Gasteiger partial charge in [-0.3, -0.25) is 5.10 Å². The van der Waals surface area contributed by atoms with Gasteiger partial charge in [-0.25, -0.2) is 4.79 Å². The Morgan fingerprint density at radius 2 is 2.56 bits per heavy atom. The summed E-state index contributed by atoms with van der Waals surface area (Å²) < 4.78 is 5.55. The van der Waals surface area contributed by atoms with Gasteiger partial charge in [0.15, 0.2) is 0 Å². The fraction of sp³-hybridized carbons (Fsp3) is 0.500. The van der Waals surface area contributed by atoms with E-state index < -0.39 is 0 Å². The summed E-state index contributed by atoms with van der Waals surface area (Å²) in [6.45, 7) is 3.37. The van der Waals surface area contributed by atoms with Gasteiger partial charge in [0, 0.05) is 13.0 Å². The number of ether oxygens (including phenoxy) is 1. The Bertz CT molecular complexity index is 458. The van der Waals surface area contributed by atoms with Gasteiger partial charge in [-0.2, -0.15) is 5.10 Å². The lowest BCUT2D eigenvalue weighted by molar-refractivity contribution is 0.102. The molecule has 1 N–H and O–H groups in total. The maximum absolute atomic E-state index is 11.5. The molecule has 1 aliphatic heterocycles. The van der Waals surface area contributed by atoms with E-state index in [1.807, 2.05) is 6.07 Å². The van der Waals surface area contributed by atoms with Crippen LogP contribution in [0.15, 0.2) is 6.07 Å². The predicted molar refractivity (Wildman–Crippen MR) is 60.6 cm³/mol. The number of aromatic amines is 1. The van der Waals surface area contributed by atoms with Crippen molar-refractivity contribution >= 4 is 18.3 Å². The highest BCUT2D eigenvalue weighted by atomic mass is 32.1. The molecule has 16 heavy (non-hydrogen) atoms. The maximum Gasteiger partial charge on any atom is 0.410 e. The van der Waals surface area contributed by atoms with Crippen LogP contribution in [0.1, 0.15) is 18.2 Å². The number of hydrogen-bond donors (Lipinski definition) is 1. The highest BCUT2D eigenvalue weighted by Crippen LogP contribution is 2.16. The van der Waals surface area contributed by atoms with Crippen LogP contribution >= 0.6 is 12.2 Å². The van der Waals surface area contributed by atoms with Crippen molar-refractivity contribution < 1.29 is 9.53 Å². The van der Waals surface area contributed by atoms with Gasteiger partial charge in [0.1, 0.15) is 4.64 Å². The van der Waals surface area contributed by atoms with Crippen molar-refractivity contribution in [1.29, 1.82) is 0 Å². The summed E-state index contributed by atoms with van der Waals surface area (Å²) in [5, 5.41) is 6.91. The number of H-pyrrole nitrogens is 1. The summed E-state index contributed by atoms with van der Waals surface area (Å²) in [7, 11) is 0. The predicted octanol–water partition coefficient (Wildman–Crippen LogP) is 1.65. The second kappa shape index (κ2) is 4.61. The molecule has 86 valence electrons. The number of nitrogens with one attached hydrogen (secondary N) is 1. The monoisotopic (exact) mass is 239 g/mol. The molecule has 1 aliphatic rings. The van der Waals surface area contributed by atoms with Crippen LogP contribution in [0.3, 0.4) is 0 Å². The summed E-state index contributed by atoms with van der Waals surface area (Å²) >= 11 is 5.00. The second-order valence-corrected chi connectivity index (χ2v) is 4.01. The summed E-state index contributed by atoms with van der Waals surface area (Å²) in [6.07, 6.45) is 0.465. The van der Waals surface area contributed by atoms with Crippen LogP contribution in [-0.4, -0.2) is 34.3 Å². The SMILES string of the molecule is CCOC(=O)N1CCc2n[nH]c(=S)cc2C1. The normalized spacial score (nSPS) is 14.4. The highest BCUT2D eigenvalue weighted by molar-refractivity contribution is 7.71. The van der Waals surface area contributed by atoms with Crippen LogP contribution < -0.4 is 0 Å². The minimum absolute atomic E-state index is 0.271. The zero-order valence-electron chi connectivity index (χ0n) is 9.02. The number of hydrogen-bond acceptors (Lipinski definition) is 4. The summed E-state index contributed by atoms with van der Waals surface area (Å²) in [6, 6.07) is 1.85. The highest BCUT2D eigenvalue weighted by Gasteiger charge is 2.22. The number of carbonyl (C=O) groups is 1. The number of aromatic nitrogens is 2. The van der Waals surface area contributed by atoms with Crippen LogP contribution in [0.4, 0.5) is 4.79 Å². The Balaban J connectivity index is 2.16. The number of rotatable bonds is 1. The van der Waals surface area contributed by atoms with E-state index in [0.717, 1.165) is 17.7 Å². The summed E-state index contributed by atoms with van der Waals surface area (Å²) in [5.74, 6) is 0. The molecule has 2 heterocycles. The van der Waals surface area contributed by atoms with E-state index in [1.54, 1.807) is 11.8 Å². The van der Waals surface area contributed by atoms with Crippen molar-refractivity contribution in [1.82, 2.24) is 15.1 Å². The van der Waals surface area contributed by atoms with Gasteiger partial charge in [0.2, 0.25) is 0 Å². The van der Waals surface area contributed by atoms with E-state index >= 15 is 0 Å². The molecule has 6 heteroatoms. The van der Waals surface area contributed by atoms with Gasteiger partial charge in [-0.15, -0.1) is 0 Å². The molecule has 0 atom stereocenters. The first-order valence-electron chi connectivity index (χ1n) is 5.20. The number of nitrogens with zero attached hydrogens (tertiary/aromatic N) is 2. The lowest BCUT2D eigenvalue weighted by Crippen LogP contribution is -2.36. The van der Waals surface area contributed by atoms with E-state index in [-0.39, 0.29) is 6.09 Å². The number of carbonyl (C=O) groups excluding carboxylic acids is 1. The molecule has 0 saturated heterocycles. The fourth-order valence-electron chi connectivity index (χ4n) is 1.72. The first-order chi connectivity index (χ1) is 7.70. The van der Waals surface area contributed by atoms with Gasteiger partial charge in [0.05, 0.1) is 18.8 Å². The fourth-order valence-corrected chi connectivity index (χ4v) is 1.91. The van der Waals surface area contributed by atoms with Gasteiger partial charge >= 0.3 is 6.09 Å². The quantitative estimate of drug-likeness (QED) is 0.757. The van der Waals surface area contributed by atoms with Crippen LogP contribution in [0.25, 0.3) is 0 Å². The molecule has 0 saturated carbocycles. The van der Waals surface area contributed by atoms with Crippen LogP contribution in [0, 0.1) is 4.64 Å². The second-order valence-electron chi connectivity index (χ2n) is 3.57. The lowest BCUT2D eigenvalue weighted by Gasteiger charge is -2.26. The molecule has 0 aromatic carbocycles. The summed E-state index contributed by atoms with van der Waals surface area (Å²) in [4.78, 5) is 13.2. The summed E-state index contributed by atoms with van der Waals surface area (Å²) in [5.41, 5.74) is 1.98. The van der Waals surface area contributed by atoms with Crippen LogP contribution in [0.2, 0.25) is 0 Å². The smallest absolute Gasteiger partial charge is 0.410 e. The van der Waals surface area contributed by atoms with Gasteiger partial charge in [-0.05, 0) is 18.6 Å². The van der Waals surface area contributed by atoms with E-state index in [4.69, 9.17) is 17.0 Å². The van der Waals surface area contributed by atoms with Gasteiger partial charge < -0.3 is 9.64 Å². The van der Waals surface area contributed by atoms with E-state index in [9.17, 15) is 4.79 Å². The molecule has 1 aromatic heterocycles. The molecule has 0 spiro atoms. The minimum Gasteiger partial charge on any atom is -0.450 e. The van der Waals surface area contributed by atoms with Gasteiger partial charge in [0.25, 0.3) is 0 Å². The van der Waals surface area contributed by atoms with Gasteiger partial charge in [-0.1, -0.05) is 12.2 Å². The third-order valence-electron chi connectivity index (χ3n) is 2.48. The molecule has 2 rings (SSSR count). The molecular formula is C10H13N3O2S. The Morgan fingerprint density at radius 3 is 3.31 bits per heavy atom. The van der Waals surface area contributed by atoms with Crippen molar-refractivity contribution in [3.63, 3.8) is 0 Å². The third-order valence-corrected chi connectivity index (χ3v) is 2.69. The van der Waals surface area contributed by atoms with Crippen molar-refractivity contribution in [3.05, 3.63) is 22.0 Å². The zero-order valence-corrected chi connectivity index (χ0v) is 9.84. The molecule has 0 radical (unpaired) electrons. The molecule has 0 unspecified atom stereocenters. The first-order valence-corrected chi connectivity index (χ1v) is 5.60. The van der Waals surface area contributed by atoms with Crippen molar-refractivity contribution in [2.45, 2.75) is 19.9 Å². The average molecular weight is 239 g/mol. The topological polar surface area (TPSA) is 58.2 Å². The zero-order chi connectivity index (χ0) is 11.5. The Kier molecular flexibility index (Phi) is 3.19. The third kappa shape index (κ3) is 2.21. The van der Waals surface area contributed by atoms with Crippen molar-refractivity contribution in [2.24, 2.45) is 0 Å². The molecule has 1 aromatic rings. The minimum atomic E-state index is -0.271. The van der Waals surface area contributed by atoms with E-state index in [1.165, 1.54) is 0 Å². The Labute approximate surface area is 98.4 Å². The number of amides is 1. The molecular weight excluding hydrogens is 226 g/mol. The number of fused-ring (bicyclic) bond motifs is 1. The average Bonchev–Trinajstić information content (AvgIpc) is 2.28. The Morgan fingerprint density at radius 1 is 1.75 bits per heavy atom. The molecule has 0 bridgehead atoms. The van der Waals surface area contributed by atoms with Crippen LogP contribution in [-0.2, 0) is 17.7 Å². The molecule has 0 aliphatic carbocycles. The maximum atomic E-state index is 11.5. The van der Waals surface area contributed by atoms with Crippen LogP contribution in [0.5, 0.6) is 0 Å². The molecule has 1 amide bonds. The first kappa shape index (κ1) is 11.1.